The van der Waals surface area contributed by atoms with Crippen LogP contribution in [0, 0.1) is 5.82 Å². The highest BCUT2D eigenvalue weighted by Crippen LogP contribution is 2.22. The average Bonchev–Trinajstić information content (AvgIpc) is 2.67. The van der Waals surface area contributed by atoms with Crippen LogP contribution in [-0.4, -0.2) is 18.9 Å². The van der Waals surface area contributed by atoms with Crippen LogP contribution in [0.25, 0.3) is 10.8 Å². The summed E-state index contributed by atoms with van der Waals surface area (Å²) in [5.74, 6) is 0.687. The molecule has 0 radical (unpaired) electrons. The molecule has 0 unspecified atom stereocenters. The lowest BCUT2D eigenvalue weighted by Gasteiger charge is -2.18. The van der Waals surface area contributed by atoms with Crippen molar-refractivity contribution in [2.24, 2.45) is 4.99 Å². The molecule has 2 nitrogen and oxygen atoms in total. The fraction of sp³-hybridized carbons (Fsp3) is 0.227. The van der Waals surface area contributed by atoms with Gasteiger partial charge in [-0.3, -0.25) is 4.99 Å². The molecule has 134 valence electrons. The van der Waals surface area contributed by atoms with E-state index in [1.54, 1.807) is 12.1 Å². The number of aryl methyl sites for hydroxylation is 1. The molecule has 0 aliphatic carbocycles. The quantitative estimate of drug-likeness (QED) is 0.694. The first kappa shape index (κ1) is 18.4. The van der Waals surface area contributed by atoms with E-state index in [-0.39, 0.29) is 18.2 Å². The molecule has 1 aliphatic heterocycles. The number of halogens is 2. The van der Waals surface area contributed by atoms with Crippen molar-refractivity contribution in [1.82, 2.24) is 5.32 Å². The largest absolute Gasteiger partial charge is 0.370 e. The Hall–Kier alpha value is -2.39. The Morgan fingerprint density at radius 3 is 2.58 bits per heavy atom. The van der Waals surface area contributed by atoms with Crippen molar-refractivity contribution in [2.75, 3.05) is 13.1 Å². The van der Waals surface area contributed by atoms with E-state index in [0.29, 0.717) is 6.42 Å². The van der Waals surface area contributed by atoms with Gasteiger partial charge in [0.05, 0.1) is 0 Å². The van der Waals surface area contributed by atoms with Crippen LogP contribution in [0.1, 0.15) is 23.1 Å². The van der Waals surface area contributed by atoms with Gasteiger partial charge in [0.1, 0.15) is 11.7 Å². The van der Waals surface area contributed by atoms with E-state index >= 15 is 0 Å². The highest BCUT2D eigenvalue weighted by Gasteiger charge is 2.15. The normalized spacial score (nSPS) is 13.7. The lowest BCUT2D eigenvalue weighted by molar-refractivity contribution is 0.607. The van der Waals surface area contributed by atoms with Crippen molar-refractivity contribution < 1.29 is 4.39 Å². The summed E-state index contributed by atoms with van der Waals surface area (Å²) in [6.07, 6.45) is 2.50. The molecule has 4 heteroatoms. The molecule has 0 fully saturated rings. The van der Waals surface area contributed by atoms with Crippen LogP contribution in [0.4, 0.5) is 4.39 Å². The van der Waals surface area contributed by atoms with E-state index in [4.69, 9.17) is 0 Å². The number of nitrogens with zero attached hydrogens (tertiary/aromatic N) is 1. The van der Waals surface area contributed by atoms with Gasteiger partial charge in [-0.1, -0.05) is 54.6 Å². The molecule has 0 atom stereocenters. The second kappa shape index (κ2) is 8.33. The first-order valence-electron chi connectivity index (χ1n) is 8.85. The predicted molar refractivity (Wildman–Crippen MR) is 109 cm³/mol. The Bertz CT molecular complexity index is 931. The molecule has 0 aromatic heterocycles. The Morgan fingerprint density at radius 2 is 1.73 bits per heavy atom. The molecule has 1 N–H and O–H groups in total. The standard InChI is InChI=1S/C22H21FN2.ClH/c23-21-11-4-10-20(22-24-14-5-15-25-22)19(21)13-12-17-8-3-7-16-6-1-2-9-18(16)17;/h1-4,6-11H,5,12-15H2,(H,24,25);1H. The average molecular weight is 369 g/mol. The van der Waals surface area contributed by atoms with E-state index < -0.39 is 0 Å². The predicted octanol–water partition coefficient (Wildman–Crippen LogP) is 4.93. The van der Waals surface area contributed by atoms with Gasteiger partial charge in [-0.25, -0.2) is 4.39 Å². The molecule has 4 rings (SSSR count). The van der Waals surface area contributed by atoms with Crippen molar-refractivity contribution in [1.29, 1.82) is 0 Å². The minimum atomic E-state index is -0.146. The van der Waals surface area contributed by atoms with Crippen LogP contribution in [0.5, 0.6) is 0 Å². The monoisotopic (exact) mass is 368 g/mol. The number of hydrogen-bond acceptors (Lipinski definition) is 2. The molecule has 1 heterocycles. The first-order chi connectivity index (χ1) is 12.3. The number of fused-ring (bicyclic) bond motifs is 1. The maximum atomic E-state index is 14.5. The molecule has 0 saturated carbocycles. The highest BCUT2D eigenvalue weighted by molar-refractivity contribution is 6.00. The highest BCUT2D eigenvalue weighted by atomic mass is 35.5. The summed E-state index contributed by atoms with van der Waals surface area (Å²) in [5, 5.41) is 5.79. The first-order valence-corrected chi connectivity index (χ1v) is 8.85. The van der Waals surface area contributed by atoms with E-state index in [1.807, 2.05) is 12.1 Å². The lowest BCUT2D eigenvalue weighted by Crippen LogP contribution is -2.31. The SMILES string of the molecule is Cl.Fc1cccc(C2=NCCCN2)c1CCc1cccc2ccccc12. The Labute approximate surface area is 159 Å². The van der Waals surface area contributed by atoms with Crippen molar-refractivity contribution >= 4 is 29.0 Å². The minimum absolute atomic E-state index is 0. The second-order valence-electron chi connectivity index (χ2n) is 6.41. The molecular weight excluding hydrogens is 347 g/mol. The van der Waals surface area contributed by atoms with Crippen LogP contribution in [0.15, 0.2) is 65.7 Å². The van der Waals surface area contributed by atoms with Gasteiger partial charge < -0.3 is 5.32 Å². The molecule has 0 spiro atoms. The van der Waals surface area contributed by atoms with Gasteiger partial charge >= 0.3 is 0 Å². The minimum Gasteiger partial charge on any atom is -0.370 e. The number of hydrogen-bond donors (Lipinski definition) is 1. The zero-order valence-electron chi connectivity index (χ0n) is 14.5. The summed E-state index contributed by atoms with van der Waals surface area (Å²) in [4.78, 5) is 4.55. The number of rotatable bonds is 4. The third-order valence-corrected chi connectivity index (χ3v) is 4.80. The van der Waals surface area contributed by atoms with Gasteiger partial charge in [0.25, 0.3) is 0 Å². The zero-order valence-corrected chi connectivity index (χ0v) is 15.4. The van der Waals surface area contributed by atoms with Crippen molar-refractivity contribution in [3.05, 3.63) is 83.2 Å². The fourth-order valence-electron chi connectivity index (χ4n) is 3.52. The van der Waals surface area contributed by atoms with Crippen molar-refractivity contribution in [2.45, 2.75) is 19.3 Å². The summed E-state index contributed by atoms with van der Waals surface area (Å²) in [5.41, 5.74) is 2.91. The van der Waals surface area contributed by atoms with Gasteiger partial charge in [-0.05, 0) is 47.2 Å². The smallest absolute Gasteiger partial charge is 0.128 e. The van der Waals surface area contributed by atoms with Gasteiger partial charge in [0.15, 0.2) is 0 Å². The van der Waals surface area contributed by atoms with Gasteiger partial charge in [-0.15, -0.1) is 12.4 Å². The topological polar surface area (TPSA) is 24.4 Å². The molecule has 0 saturated heterocycles. The summed E-state index contributed by atoms with van der Waals surface area (Å²) in [6, 6.07) is 20.0. The van der Waals surface area contributed by atoms with E-state index in [9.17, 15) is 4.39 Å². The Morgan fingerprint density at radius 1 is 0.923 bits per heavy atom. The number of amidine groups is 1. The van der Waals surface area contributed by atoms with E-state index in [2.05, 4.69) is 46.7 Å². The zero-order chi connectivity index (χ0) is 17.1. The third-order valence-electron chi connectivity index (χ3n) is 4.80. The summed E-state index contributed by atoms with van der Waals surface area (Å²) >= 11 is 0. The molecule has 0 amide bonds. The molecular formula is C22H22ClFN2. The Kier molecular flexibility index (Phi) is 5.89. The van der Waals surface area contributed by atoms with Gasteiger partial charge in [-0.2, -0.15) is 0 Å². The van der Waals surface area contributed by atoms with Crippen LogP contribution in [0.2, 0.25) is 0 Å². The van der Waals surface area contributed by atoms with Crippen LogP contribution in [-0.2, 0) is 12.8 Å². The number of benzene rings is 3. The van der Waals surface area contributed by atoms with E-state index in [1.165, 1.54) is 16.3 Å². The third kappa shape index (κ3) is 3.73. The molecule has 0 bridgehead atoms. The van der Waals surface area contributed by atoms with Gasteiger partial charge in [0.2, 0.25) is 0 Å². The summed E-state index contributed by atoms with van der Waals surface area (Å²) in [7, 11) is 0. The van der Waals surface area contributed by atoms with Crippen LogP contribution in [0.3, 0.4) is 0 Å². The number of nitrogens with one attached hydrogen (secondary N) is 1. The van der Waals surface area contributed by atoms with Gasteiger partial charge in [0, 0.05) is 18.7 Å². The molecule has 3 aromatic rings. The summed E-state index contributed by atoms with van der Waals surface area (Å²) in [6.45, 7) is 1.71. The molecule has 3 aromatic carbocycles. The fourth-order valence-corrected chi connectivity index (χ4v) is 3.52. The molecule has 26 heavy (non-hydrogen) atoms. The Balaban J connectivity index is 0.00000196. The maximum absolute atomic E-state index is 14.5. The second-order valence-corrected chi connectivity index (χ2v) is 6.41. The van der Waals surface area contributed by atoms with Crippen molar-refractivity contribution in [3.63, 3.8) is 0 Å². The van der Waals surface area contributed by atoms with Crippen LogP contribution >= 0.6 is 12.4 Å². The van der Waals surface area contributed by atoms with Crippen LogP contribution < -0.4 is 5.32 Å². The van der Waals surface area contributed by atoms with Crippen molar-refractivity contribution in [3.8, 4) is 0 Å². The summed E-state index contributed by atoms with van der Waals surface area (Å²) < 4.78 is 14.5. The molecule has 1 aliphatic rings. The lowest BCUT2D eigenvalue weighted by atomic mass is 9.95. The van der Waals surface area contributed by atoms with E-state index in [0.717, 1.165) is 42.9 Å². The maximum Gasteiger partial charge on any atom is 0.128 e. The number of aliphatic imine (C=N–C) groups is 1.